The zero-order valence-corrected chi connectivity index (χ0v) is 10.0. The summed E-state index contributed by atoms with van der Waals surface area (Å²) in [5, 5.41) is 15.0. The highest BCUT2D eigenvalue weighted by Crippen LogP contribution is 2.35. The molecule has 0 fully saturated rings. The third-order valence-corrected chi connectivity index (χ3v) is 3.06. The number of amides is 1. The van der Waals surface area contributed by atoms with Crippen molar-refractivity contribution in [2.75, 3.05) is 14.1 Å². The van der Waals surface area contributed by atoms with Crippen LogP contribution in [0.5, 0.6) is 5.75 Å². The minimum absolute atomic E-state index is 0.108. The molecule has 17 heavy (non-hydrogen) atoms. The lowest BCUT2D eigenvalue weighted by atomic mass is 10.0. The Labute approximate surface area is 100 Å². The molecule has 4 nitrogen and oxygen atoms in total. The Hall–Kier alpha value is -1.97. The van der Waals surface area contributed by atoms with E-state index >= 15 is 0 Å². The molecule has 0 radical (unpaired) electrons. The van der Waals surface area contributed by atoms with Gasteiger partial charge in [-0.3, -0.25) is 4.79 Å². The maximum absolute atomic E-state index is 11.7. The summed E-state index contributed by atoms with van der Waals surface area (Å²) in [5.74, 6) is 0.166. The van der Waals surface area contributed by atoms with E-state index in [0.717, 1.165) is 29.5 Å². The summed E-state index contributed by atoms with van der Waals surface area (Å²) in [6, 6.07) is 5.29. The minimum Gasteiger partial charge on any atom is -0.508 e. The lowest BCUT2D eigenvalue weighted by molar-refractivity contribution is -0.117. The zero-order valence-electron chi connectivity index (χ0n) is 10.0. The summed E-state index contributed by atoms with van der Waals surface area (Å²) in [6.07, 6.45) is 1.68. The number of phenolic OH excluding ortho intramolecular Hbond substituents is 1. The second-order valence-corrected chi connectivity index (χ2v) is 4.02. The molecule has 1 amide bonds. The normalized spacial score (nSPS) is 16.4. The second-order valence-electron chi connectivity index (χ2n) is 4.02. The van der Waals surface area contributed by atoms with E-state index in [9.17, 15) is 9.90 Å². The van der Waals surface area contributed by atoms with Gasteiger partial charge in [-0.05, 0) is 41.7 Å². The topological polar surface area (TPSA) is 61.4 Å². The van der Waals surface area contributed by atoms with Gasteiger partial charge in [0.1, 0.15) is 11.4 Å². The summed E-state index contributed by atoms with van der Waals surface area (Å²) in [6.45, 7) is 0. The van der Waals surface area contributed by atoms with Crippen molar-refractivity contribution >= 4 is 11.5 Å². The highest BCUT2D eigenvalue weighted by Gasteiger charge is 2.22. The Balaban J connectivity index is 2.50. The van der Waals surface area contributed by atoms with Gasteiger partial charge in [0.2, 0.25) is 0 Å². The number of likely N-dealkylation sites (N-methyl/N-ethyl adjacent to an activating group) is 2. The van der Waals surface area contributed by atoms with Gasteiger partial charge in [-0.25, -0.2) is 0 Å². The van der Waals surface area contributed by atoms with Crippen LogP contribution in [-0.2, 0) is 11.2 Å². The van der Waals surface area contributed by atoms with E-state index in [4.69, 9.17) is 0 Å². The van der Waals surface area contributed by atoms with Gasteiger partial charge in [-0.2, -0.15) is 0 Å². The van der Waals surface area contributed by atoms with Gasteiger partial charge in [0, 0.05) is 14.1 Å². The smallest absolute Gasteiger partial charge is 0.267 e. The molecule has 0 aliphatic heterocycles. The van der Waals surface area contributed by atoms with Crippen LogP contribution in [0.15, 0.2) is 23.9 Å². The second kappa shape index (κ2) is 4.49. The number of hydrogen-bond donors (Lipinski definition) is 3. The molecule has 90 valence electrons. The minimum atomic E-state index is -0.108. The molecule has 1 aromatic carbocycles. The molecule has 1 aliphatic carbocycles. The number of aryl methyl sites for hydroxylation is 1. The summed E-state index contributed by atoms with van der Waals surface area (Å²) in [4.78, 5) is 11.7. The third kappa shape index (κ3) is 1.98. The van der Waals surface area contributed by atoms with Crippen molar-refractivity contribution in [1.82, 2.24) is 10.6 Å². The molecule has 0 unspecified atom stereocenters. The van der Waals surface area contributed by atoms with E-state index < -0.39 is 0 Å². The molecule has 0 spiro atoms. The van der Waals surface area contributed by atoms with Crippen LogP contribution < -0.4 is 10.6 Å². The lowest BCUT2D eigenvalue weighted by Gasteiger charge is -2.10. The van der Waals surface area contributed by atoms with Gasteiger partial charge >= 0.3 is 0 Å². The van der Waals surface area contributed by atoms with Crippen LogP contribution in [0.2, 0.25) is 0 Å². The fourth-order valence-electron chi connectivity index (χ4n) is 2.26. The van der Waals surface area contributed by atoms with Crippen molar-refractivity contribution < 1.29 is 9.90 Å². The lowest BCUT2D eigenvalue weighted by Crippen LogP contribution is -2.28. The Bertz CT molecular complexity index is 492. The number of benzene rings is 1. The van der Waals surface area contributed by atoms with Gasteiger partial charge in [-0.15, -0.1) is 0 Å². The fourth-order valence-corrected chi connectivity index (χ4v) is 2.26. The Morgan fingerprint density at radius 2 is 2.00 bits per heavy atom. The highest BCUT2D eigenvalue weighted by molar-refractivity contribution is 6.01. The number of aromatic hydroxyl groups is 1. The average molecular weight is 232 g/mol. The van der Waals surface area contributed by atoms with Gasteiger partial charge in [0.15, 0.2) is 0 Å². The fraction of sp³-hybridized carbons (Fsp3) is 0.308. The molecular weight excluding hydrogens is 216 g/mol. The zero-order chi connectivity index (χ0) is 12.4. The summed E-state index contributed by atoms with van der Waals surface area (Å²) in [7, 11) is 3.36. The van der Waals surface area contributed by atoms with Crippen molar-refractivity contribution in [2.24, 2.45) is 0 Å². The molecule has 0 bridgehead atoms. The Morgan fingerprint density at radius 3 is 2.65 bits per heavy atom. The van der Waals surface area contributed by atoms with Crippen molar-refractivity contribution in [1.29, 1.82) is 0 Å². The van der Waals surface area contributed by atoms with Gasteiger partial charge in [0.25, 0.3) is 5.91 Å². The number of allylic oxidation sites excluding steroid dienone is 1. The van der Waals surface area contributed by atoms with Crippen molar-refractivity contribution in [2.45, 2.75) is 12.8 Å². The molecule has 0 heterocycles. The van der Waals surface area contributed by atoms with Crippen LogP contribution in [0.4, 0.5) is 0 Å². The molecule has 0 atom stereocenters. The van der Waals surface area contributed by atoms with Crippen LogP contribution in [0.3, 0.4) is 0 Å². The van der Waals surface area contributed by atoms with Crippen LogP contribution in [0, 0.1) is 0 Å². The van der Waals surface area contributed by atoms with E-state index in [1.165, 1.54) is 0 Å². The number of carbonyl (C=O) groups excluding carboxylic acids is 1. The summed E-state index contributed by atoms with van der Waals surface area (Å²) in [5.41, 5.74) is 3.77. The molecule has 4 heteroatoms. The van der Waals surface area contributed by atoms with Crippen molar-refractivity contribution in [3.05, 3.63) is 35.0 Å². The first-order valence-corrected chi connectivity index (χ1v) is 5.62. The first-order valence-electron chi connectivity index (χ1n) is 5.62. The number of phenols is 1. The van der Waals surface area contributed by atoms with E-state index in [1.54, 1.807) is 26.2 Å². The molecule has 0 aromatic heterocycles. The molecule has 2 rings (SSSR count). The van der Waals surface area contributed by atoms with E-state index in [1.807, 2.05) is 6.07 Å². The molecule has 0 saturated heterocycles. The van der Waals surface area contributed by atoms with Gasteiger partial charge in [0.05, 0.1) is 0 Å². The maximum atomic E-state index is 11.7. The summed E-state index contributed by atoms with van der Waals surface area (Å²) < 4.78 is 0. The van der Waals surface area contributed by atoms with Crippen LogP contribution in [-0.4, -0.2) is 25.1 Å². The van der Waals surface area contributed by atoms with E-state index in [0.29, 0.717) is 5.70 Å². The van der Waals surface area contributed by atoms with E-state index in [-0.39, 0.29) is 11.7 Å². The molecule has 1 aliphatic rings. The number of nitrogens with one attached hydrogen (secondary N) is 2. The van der Waals surface area contributed by atoms with Crippen molar-refractivity contribution in [3.8, 4) is 5.75 Å². The Kier molecular flexibility index (Phi) is 3.04. The Morgan fingerprint density at radius 1 is 1.24 bits per heavy atom. The van der Waals surface area contributed by atoms with Crippen LogP contribution >= 0.6 is 0 Å². The summed E-state index contributed by atoms with van der Waals surface area (Å²) >= 11 is 0. The number of fused-ring (bicyclic) bond motifs is 1. The van der Waals surface area contributed by atoms with Crippen molar-refractivity contribution in [3.63, 3.8) is 0 Å². The third-order valence-electron chi connectivity index (χ3n) is 3.06. The quantitative estimate of drug-likeness (QED) is 0.667. The largest absolute Gasteiger partial charge is 0.508 e. The highest BCUT2D eigenvalue weighted by atomic mass is 16.3. The number of carbonyl (C=O) groups is 1. The maximum Gasteiger partial charge on any atom is 0.267 e. The predicted octanol–water partition coefficient (Wildman–Crippen LogP) is 1.01. The van der Waals surface area contributed by atoms with Crippen LogP contribution in [0.1, 0.15) is 17.5 Å². The predicted molar refractivity (Wildman–Crippen MR) is 66.5 cm³/mol. The number of hydrogen-bond acceptors (Lipinski definition) is 3. The average Bonchev–Trinajstić information content (AvgIpc) is 2.73. The van der Waals surface area contributed by atoms with Gasteiger partial charge in [-0.1, -0.05) is 6.07 Å². The SMILES string of the molecule is CNC(=O)/C(NC)=C1\CCc2cc(O)ccc21. The monoisotopic (exact) mass is 232 g/mol. The molecule has 3 N–H and O–H groups in total. The molecular formula is C13H16N2O2. The first-order chi connectivity index (χ1) is 8.17. The molecule has 0 saturated carbocycles. The standard InChI is InChI=1S/C13H16N2O2/c1-14-12(13(17)15-2)11-5-3-8-7-9(16)4-6-10(8)11/h4,6-7,14,16H,3,5H2,1-2H3,(H,15,17)/b12-11-. The van der Waals surface area contributed by atoms with Gasteiger partial charge < -0.3 is 15.7 Å². The van der Waals surface area contributed by atoms with Crippen LogP contribution in [0.25, 0.3) is 5.57 Å². The van der Waals surface area contributed by atoms with E-state index in [2.05, 4.69) is 10.6 Å². The first kappa shape index (κ1) is 11.5. The molecule has 1 aromatic rings. The number of rotatable bonds is 2.